The lowest BCUT2D eigenvalue weighted by Crippen LogP contribution is -2.56. The Morgan fingerprint density at radius 2 is 1.86 bits per heavy atom. The molecular weight excluding hydrogens is 380 g/mol. The highest BCUT2D eigenvalue weighted by Gasteiger charge is 2.29. The molecular formula is C18H20N6O5. The van der Waals surface area contributed by atoms with E-state index in [1.54, 1.807) is 17.0 Å². The minimum Gasteiger partial charge on any atom is -0.394 e. The van der Waals surface area contributed by atoms with Gasteiger partial charge < -0.3 is 20.2 Å². The maximum Gasteiger partial charge on any atom is 0.272 e. The molecule has 2 amide bonds. The smallest absolute Gasteiger partial charge is 0.272 e. The second-order valence-electron chi connectivity index (χ2n) is 6.39. The summed E-state index contributed by atoms with van der Waals surface area (Å²) in [5, 5.41) is 22.8. The van der Waals surface area contributed by atoms with Gasteiger partial charge >= 0.3 is 0 Å². The third-order valence-corrected chi connectivity index (χ3v) is 4.60. The number of aromatic nitrogens is 2. The van der Waals surface area contributed by atoms with E-state index >= 15 is 0 Å². The number of nitrogens with zero attached hydrogens (tertiary/aromatic N) is 5. The highest BCUT2D eigenvalue weighted by molar-refractivity contribution is 5.96. The predicted molar refractivity (Wildman–Crippen MR) is 102 cm³/mol. The molecule has 11 heteroatoms. The van der Waals surface area contributed by atoms with E-state index in [0.717, 1.165) is 5.69 Å². The lowest BCUT2D eigenvalue weighted by molar-refractivity contribution is -0.384. The molecule has 0 bridgehead atoms. The number of aliphatic hydroxyl groups excluding tert-OH is 1. The summed E-state index contributed by atoms with van der Waals surface area (Å²) in [6.07, 6.45) is 4.06. The number of amides is 2. The summed E-state index contributed by atoms with van der Waals surface area (Å²) in [6, 6.07) is 5.16. The van der Waals surface area contributed by atoms with Crippen LogP contribution < -0.4 is 10.2 Å². The van der Waals surface area contributed by atoms with Crippen molar-refractivity contribution in [1.29, 1.82) is 0 Å². The van der Waals surface area contributed by atoms with Gasteiger partial charge in [0, 0.05) is 56.4 Å². The average molecular weight is 400 g/mol. The quantitative estimate of drug-likeness (QED) is 0.502. The molecule has 0 aliphatic carbocycles. The van der Waals surface area contributed by atoms with Crippen LogP contribution in [0.25, 0.3) is 0 Å². The summed E-state index contributed by atoms with van der Waals surface area (Å²) in [7, 11) is 0. The monoisotopic (exact) mass is 400 g/mol. The topological polar surface area (TPSA) is 142 Å². The Balaban J connectivity index is 1.56. The third kappa shape index (κ3) is 4.82. The first-order chi connectivity index (χ1) is 14.0. The first-order valence-electron chi connectivity index (χ1n) is 8.95. The van der Waals surface area contributed by atoms with Crippen LogP contribution in [0.15, 0.2) is 42.9 Å². The van der Waals surface area contributed by atoms with Crippen LogP contribution in [0.1, 0.15) is 10.5 Å². The van der Waals surface area contributed by atoms with Crippen LogP contribution in [-0.2, 0) is 4.79 Å². The number of carbonyl (C=O) groups excluding carboxylic acids is 2. The first kappa shape index (κ1) is 20.1. The molecule has 152 valence electrons. The minimum absolute atomic E-state index is 0.0206. The summed E-state index contributed by atoms with van der Waals surface area (Å²) in [4.78, 5) is 46.4. The highest BCUT2D eigenvalue weighted by Crippen LogP contribution is 2.20. The van der Waals surface area contributed by atoms with Gasteiger partial charge in [0.05, 0.1) is 17.7 Å². The van der Waals surface area contributed by atoms with Crippen LogP contribution >= 0.6 is 0 Å². The molecule has 29 heavy (non-hydrogen) atoms. The minimum atomic E-state index is -1.07. The fourth-order valence-electron chi connectivity index (χ4n) is 3.02. The van der Waals surface area contributed by atoms with Crippen molar-refractivity contribution in [2.45, 2.75) is 6.04 Å². The SMILES string of the molecule is O=C(NC(CO)C(=O)N1CCN(c2ccc([N+](=O)[O-])cc2)CC1)c1cnccn1. The van der Waals surface area contributed by atoms with Gasteiger partial charge in [0.25, 0.3) is 11.6 Å². The number of non-ortho nitro benzene ring substituents is 1. The van der Waals surface area contributed by atoms with Gasteiger partial charge in [-0.3, -0.25) is 24.7 Å². The second kappa shape index (κ2) is 9.06. The zero-order valence-corrected chi connectivity index (χ0v) is 15.5. The summed E-state index contributed by atoms with van der Waals surface area (Å²) in [5.41, 5.74) is 0.909. The van der Waals surface area contributed by atoms with E-state index in [0.29, 0.717) is 26.2 Å². The van der Waals surface area contributed by atoms with E-state index in [2.05, 4.69) is 15.3 Å². The number of aliphatic hydroxyl groups is 1. The van der Waals surface area contributed by atoms with E-state index in [1.165, 1.54) is 30.7 Å². The number of carbonyl (C=O) groups is 2. The lowest BCUT2D eigenvalue weighted by Gasteiger charge is -2.37. The Hall–Kier alpha value is -3.60. The van der Waals surface area contributed by atoms with Crippen molar-refractivity contribution in [1.82, 2.24) is 20.2 Å². The molecule has 1 saturated heterocycles. The van der Waals surface area contributed by atoms with Gasteiger partial charge in [0.1, 0.15) is 11.7 Å². The number of benzene rings is 1. The lowest BCUT2D eigenvalue weighted by atomic mass is 10.2. The van der Waals surface area contributed by atoms with Crippen molar-refractivity contribution in [3.8, 4) is 0 Å². The molecule has 1 fully saturated rings. The van der Waals surface area contributed by atoms with Gasteiger partial charge in [-0.15, -0.1) is 0 Å². The zero-order valence-electron chi connectivity index (χ0n) is 15.5. The van der Waals surface area contributed by atoms with Crippen molar-refractivity contribution in [3.63, 3.8) is 0 Å². The van der Waals surface area contributed by atoms with E-state index in [1.807, 2.05) is 4.90 Å². The average Bonchev–Trinajstić information content (AvgIpc) is 2.77. The number of nitro benzene ring substituents is 1. The summed E-state index contributed by atoms with van der Waals surface area (Å²) < 4.78 is 0. The molecule has 1 aliphatic rings. The van der Waals surface area contributed by atoms with E-state index < -0.39 is 23.5 Å². The normalized spacial score (nSPS) is 14.9. The molecule has 0 radical (unpaired) electrons. The first-order valence-corrected chi connectivity index (χ1v) is 8.95. The Morgan fingerprint density at radius 1 is 1.17 bits per heavy atom. The number of hydrogen-bond donors (Lipinski definition) is 2. The van der Waals surface area contributed by atoms with Crippen molar-refractivity contribution >= 4 is 23.2 Å². The Morgan fingerprint density at radius 3 is 2.41 bits per heavy atom. The number of anilines is 1. The van der Waals surface area contributed by atoms with E-state index in [9.17, 15) is 24.8 Å². The number of nitrogens with one attached hydrogen (secondary N) is 1. The van der Waals surface area contributed by atoms with Crippen molar-refractivity contribution in [3.05, 3.63) is 58.7 Å². The molecule has 1 aromatic carbocycles. The summed E-state index contributed by atoms with van der Waals surface area (Å²) in [6.45, 7) is 1.31. The number of piperazine rings is 1. The summed E-state index contributed by atoms with van der Waals surface area (Å²) in [5.74, 6) is -0.969. The second-order valence-corrected chi connectivity index (χ2v) is 6.39. The molecule has 2 heterocycles. The molecule has 1 atom stereocenters. The number of rotatable bonds is 6. The maximum absolute atomic E-state index is 12.7. The van der Waals surface area contributed by atoms with Crippen LogP contribution in [0.5, 0.6) is 0 Å². The van der Waals surface area contributed by atoms with Crippen molar-refractivity contribution in [2.75, 3.05) is 37.7 Å². The predicted octanol–water partition coefficient (Wildman–Crippen LogP) is -0.176. The van der Waals surface area contributed by atoms with Gasteiger partial charge in [-0.1, -0.05) is 0 Å². The Bertz CT molecular complexity index is 868. The van der Waals surface area contributed by atoms with Gasteiger partial charge in [0.15, 0.2) is 0 Å². The fourth-order valence-corrected chi connectivity index (χ4v) is 3.02. The molecule has 3 rings (SSSR count). The molecule has 1 unspecified atom stereocenters. The number of nitro groups is 1. The van der Waals surface area contributed by atoms with Crippen LogP contribution in [0, 0.1) is 10.1 Å². The largest absolute Gasteiger partial charge is 0.394 e. The standard InChI is InChI=1S/C18H20N6O5/c25-12-16(21-17(26)15-11-19-5-6-20-15)18(27)23-9-7-22(8-10-23)13-1-3-14(4-2-13)24(28)29/h1-6,11,16,25H,7-10,12H2,(H,21,26). The van der Waals surface area contributed by atoms with Gasteiger partial charge in [-0.05, 0) is 12.1 Å². The van der Waals surface area contributed by atoms with Gasteiger partial charge in [0.2, 0.25) is 5.91 Å². The molecule has 1 aromatic heterocycles. The van der Waals surface area contributed by atoms with E-state index in [4.69, 9.17) is 0 Å². The molecule has 2 aromatic rings. The molecule has 0 saturated carbocycles. The van der Waals surface area contributed by atoms with Gasteiger partial charge in [-0.25, -0.2) is 4.98 Å². The maximum atomic E-state index is 12.7. The highest BCUT2D eigenvalue weighted by atomic mass is 16.6. The van der Waals surface area contributed by atoms with Crippen LogP contribution in [0.4, 0.5) is 11.4 Å². The molecule has 1 aliphatic heterocycles. The Labute approximate surface area is 166 Å². The molecule has 2 N–H and O–H groups in total. The van der Waals surface area contributed by atoms with Crippen LogP contribution in [0.2, 0.25) is 0 Å². The molecule has 11 nitrogen and oxygen atoms in total. The van der Waals surface area contributed by atoms with Crippen LogP contribution in [-0.4, -0.2) is 75.5 Å². The summed E-state index contributed by atoms with van der Waals surface area (Å²) >= 11 is 0. The zero-order chi connectivity index (χ0) is 20.8. The Kier molecular flexibility index (Phi) is 6.29. The fraction of sp³-hybridized carbons (Fsp3) is 0.333. The number of hydrogen-bond acceptors (Lipinski definition) is 8. The van der Waals surface area contributed by atoms with Crippen molar-refractivity contribution < 1.29 is 19.6 Å². The van der Waals surface area contributed by atoms with Gasteiger partial charge in [-0.2, -0.15) is 0 Å². The van der Waals surface area contributed by atoms with E-state index in [-0.39, 0.29) is 17.3 Å². The van der Waals surface area contributed by atoms with Crippen molar-refractivity contribution in [2.24, 2.45) is 0 Å². The third-order valence-electron chi connectivity index (χ3n) is 4.60. The molecule has 0 spiro atoms. The van der Waals surface area contributed by atoms with Crippen LogP contribution in [0.3, 0.4) is 0 Å².